The number of nitro groups is 1. The van der Waals surface area contributed by atoms with Gasteiger partial charge in [-0.3, -0.25) is 14.9 Å². The Labute approximate surface area is 117 Å². The molecule has 0 unspecified atom stereocenters. The maximum absolute atomic E-state index is 12.4. The maximum atomic E-state index is 12.4. The fraction of sp³-hybridized carbons (Fsp3) is 0.462. The Morgan fingerprint density at radius 3 is 2.16 bits per heavy atom. The van der Waals surface area contributed by atoms with Crippen molar-refractivity contribution in [2.24, 2.45) is 0 Å². The van der Waals surface area contributed by atoms with Crippen LogP contribution in [0.3, 0.4) is 0 Å². The molecule has 0 radical (unpaired) electrons. The normalized spacial score (nSPS) is 10.9. The maximum Gasteiger partial charge on any atom is 0.270 e. The largest absolute Gasteiger partial charge is 0.334 e. The molecule has 5 nitrogen and oxygen atoms in total. The lowest BCUT2D eigenvalue weighted by molar-refractivity contribution is -0.384. The third kappa shape index (κ3) is 3.44. The number of nitro benzene ring substituents is 1. The minimum Gasteiger partial charge on any atom is -0.334 e. The number of carbonyl (C=O) groups excluding carboxylic acids is 1. The van der Waals surface area contributed by atoms with Crippen LogP contribution in [0, 0.1) is 10.1 Å². The van der Waals surface area contributed by atoms with Crippen molar-refractivity contribution in [1.82, 2.24) is 4.90 Å². The molecule has 0 N–H and O–H groups in total. The van der Waals surface area contributed by atoms with Crippen LogP contribution in [0.2, 0.25) is 5.02 Å². The molecule has 0 heterocycles. The lowest BCUT2D eigenvalue weighted by atomic mass is 10.1. The number of benzene rings is 1. The molecule has 0 aliphatic carbocycles. The molecule has 1 aromatic carbocycles. The van der Waals surface area contributed by atoms with Crippen molar-refractivity contribution in [3.8, 4) is 0 Å². The van der Waals surface area contributed by atoms with E-state index >= 15 is 0 Å². The van der Waals surface area contributed by atoms with Crippen molar-refractivity contribution in [2.45, 2.75) is 39.8 Å². The van der Waals surface area contributed by atoms with Gasteiger partial charge in [0.2, 0.25) is 0 Å². The average molecular weight is 285 g/mol. The smallest absolute Gasteiger partial charge is 0.270 e. The number of hydrogen-bond acceptors (Lipinski definition) is 3. The molecule has 1 aromatic rings. The van der Waals surface area contributed by atoms with E-state index in [1.165, 1.54) is 18.2 Å². The monoisotopic (exact) mass is 284 g/mol. The molecular formula is C13H17ClN2O3. The molecule has 6 heteroatoms. The summed E-state index contributed by atoms with van der Waals surface area (Å²) < 4.78 is 0. The van der Waals surface area contributed by atoms with E-state index < -0.39 is 4.92 Å². The molecule has 0 spiro atoms. The highest BCUT2D eigenvalue weighted by atomic mass is 35.5. The zero-order valence-corrected chi connectivity index (χ0v) is 12.1. The first-order chi connectivity index (χ1) is 8.75. The average Bonchev–Trinajstić information content (AvgIpc) is 2.27. The number of rotatable bonds is 4. The number of amides is 1. The molecule has 0 fully saturated rings. The third-order valence-corrected chi connectivity index (χ3v) is 3.05. The number of hydrogen-bond donors (Lipinski definition) is 0. The van der Waals surface area contributed by atoms with Gasteiger partial charge in [-0.2, -0.15) is 0 Å². The van der Waals surface area contributed by atoms with Gasteiger partial charge in [0.1, 0.15) is 0 Å². The van der Waals surface area contributed by atoms with Gasteiger partial charge >= 0.3 is 0 Å². The highest BCUT2D eigenvalue weighted by molar-refractivity contribution is 6.34. The fourth-order valence-corrected chi connectivity index (χ4v) is 2.25. The van der Waals surface area contributed by atoms with Gasteiger partial charge in [0.05, 0.1) is 15.5 Å². The number of carbonyl (C=O) groups is 1. The van der Waals surface area contributed by atoms with Crippen molar-refractivity contribution in [2.75, 3.05) is 0 Å². The molecule has 0 saturated heterocycles. The van der Waals surface area contributed by atoms with E-state index in [1.807, 2.05) is 27.7 Å². The number of halogens is 1. The van der Waals surface area contributed by atoms with Gasteiger partial charge in [-0.25, -0.2) is 0 Å². The molecular weight excluding hydrogens is 268 g/mol. The second-order valence-corrected chi connectivity index (χ2v) is 5.23. The van der Waals surface area contributed by atoms with Crippen LogP contribution in [0.5, 0.6) is 0 Å². The summed E-state index contributed by atoms with van der Waals surface area (Å²) in [7, 11) is 0. The zero-order chi connectivity index (χ0) is 14.7. The molecule has 104 valence electrons. The third-order valence-electron chi connectivity index (χ3n) is 2.74. The van der Waals surface area contributed by atoms with Gasteiger partial charge in [-0.1, -0.05) is 11.6 Å². The molecule has 0 aliphatic heterocycles. The summed E-state index contributed by atoms with van der Waals surface area (Å²) in [6.45, 7) is 7.66. The summed E-state index contributed by atoms with van der Waals surface area (Å²) >= 11 is 5.97. The van der Waals surface area contributed by atoms with Crippen molar-refractivity contribution in [3.63, 3.8) is 0 Å². The van der Waals surface area contributed by atoms with Crippen molar-refractivity contribution >= 4 is 23.2 Å². The van der Waals surface area contributed by atoms with Crippen LogP contribution in [-0.2, 0) is 0 Å². The lowest BCUT2D eigenvalue weighted by Crippen LogP contribution is -2.42. The van der Waals surface area contributed by atoms with E-state index in [-0.39, 0.29) is 34.3 Å². The van der Waals surface area contributed by atoms with E-state index in [0.29, 0.717) is 0 Å². The molecule has 1 amide bonds. The summed E-state index contributed by atoms with van der Waals surface area (Å²) in [4.78, 5) is 24.2. The summed E-state index contributed by atoms with van der Waals surface area (Å²) in [6.07, 6.45) is 0. The Bertz CT molecular complexity index is 493. The van der Waals surface area contributed by atoms with E-state index in [1.54, 1.807) is 4.90 Å². The van der Waals surface area contributed by atoms with Gasteiger partial charge in [-0.05, 0) is 33.8 Å². The van der Waals surface area contributed by atoms with Crippen LogP contribution in [0.4, 0.5) is 5.69 Å². The highest BCUT2D eigenvalue weighted by Crippen LogP contribution is 2.25. The van der Waals surface area contributed by atoms with Crippen molar-refractivity contribution in [1.29, 1.82) is 0 Å². The standard InChI is InChI=1S/C13H17ClN2O3/c1-8(2)15(9(3)4)13(17)11-6-5-10(16(18)19)7-12(11)14/h5-9H,1-4H3. The minimum atomic E-state index is -0.539. The van der Waals surface area contributed by atoms with Crippen LogP contribution >= 0.6 is 11.6 Å². The van der Waals surface area contributed by atoms with Crippen LogP contribution < -0.4 is 0 Å². The number of non-ortho nitro benzene ring substituents is 1. The molecule has 0 aliphatic rings. The van der Waals surface area contributed by atoms with Gasteiger partial charge in [0, 0.05) is 24.2 Å². The van der Waals surface area contributed by atoms with E-state index in [4.69, 9.17) is 11.6 Å². The summed E-state index contributed by atoms with van der Waals surface area (Å²) in [5.41, 5.74) is 0.164. The van der Waals surface area contributed by atoms with E-state index in [2.05, 4.69) is 0 Å². The quantitative estimate of drug-likeness (QED) is 0.628. The molecule has 0 atom stereocenters. The van der Waals surface area contributed by atoms with Crippen LogP contribution in [0.25, 0.3) is 0 Å². The summed E-state index contributed by atoms with van der Waals surface area (Å²) in [6, 6.07) is 3.95. The van der Waals surface area contributed by atoms with Gasteiger partial charge in [0.15, 0.2) is 0 Å². The first kappa shape index (κ1) is 15.4. The first-order valence-electron chi connectivity index (χ1n) is 6.02. The van der Waals surface area contributed by atoms with Crippen molar-refractivity contribution in [3.05, 3.63) is 38.9 Å². The first-order valence-corrected chi connectivity index (χ1v) is 6.40. The zero-order valence-electron chi connectivity index (χ0n) is 11.4. The summed E-state index contributed by atoms with van der Waals surface area (Å²) in [5.74, 6) is -0.218. The van der Waals surface area contributed by atoms with E-state index in [0.717, 1.165) is 0 Å². The second-order valence-electron chi connectivity index (χ2n) is 4.82. The van der Waals surface area contributed by atoms with Gasteiger partial charge in [-0.15, -0.1) is 0 Å². The SMILES string of the molecule is CC(C)N(C(=O)c1ccc([N+](=O)[O-])cc1Cl)C(C)C. The minimum absolute atomic E-state index is 0.0266. The second kappa shape index (κ2) is 6.02. The van der Waals surface area contributed by atoms with E-state index in [9.17, 15) is 14.9 Å². The Hall–Kier alpha value is -1.62. The topological polar surface area (TPSA) is 63.5 Å². The van der Waals surface area contributed by atoms with Crippen LogP contribution in [0.15, 0.2) is 18.2 Å². The highest BCUT2D eigenvalue weighted by Gasteiger charge is 2.24. The molecule has 1 rings (SSSR count). The van der Waals surface area contributed by atoms with Crippen LogP contribution in [-0.4, -0.2) is 27.8 Å². The predicted molar refractivity (Wildman–Crippen MR) is 74.5 cm³/mol. The Kier molecular flexibility index (Phi) is 4.89. The Morgan fingerprint density at radius 2 is 1.79 bits per heavy atom. The van der Waals surface area contributed by atoms with Gasteiger partial charge in [0.25, 0.3) is 11.6 Å². The molecule has 0 aromatic heterocycles. The lowest BCUT2D eigenvalue weighted by Gasteiger charge is -2.31. The summed E-state index contributed by atoms with van der Waals surface area (Å²) in [5, 5.41) is 10.7. The van der Waals surface area contributed by atoms with Crippen LogP contribution in [0.1, 0.15) is 38.1 Å². The van der Waals surface area contributed by atoms with Crippen molar-refractivity contribution < 1.29 is 9.72 Å². The Balaban J connectivity index is 3.16. The Morgan fingerprint density at radius 1 is 1.26 bits per heavy atom. The fourth-order valence-electron chi connectivity index (χ4n) is 2.00. The predicted octanol–water partition coefficient (Wildman–Crippen LogP) is 3.51. The van der Waals surface area contributed by atoms with Gasteiger partial charge < -0.3 is 4.90 Å². The molecule has 19 heavy (non-hydrogen) atoms. The molecule has 0 saturated carbocycles. The molecule has 0 bridgehead atoms. The number of nitrogens with zero attached hydrogens (tertiary/aromatic N) is 2.